The molecule has 2 aromatic rings. The van der Waals surface area contributed by atoms with Crippen LogP contribution in [-0.4, -0.2) is 21.0 Å². The van der Waals surface area contributed by atoms with E-state index in [-0.39, 0.29) is 5.84 Å². The molecule has 1 heterocycles. The van der Waals surface area contributed by atoms with Crippen molar-refractivity contribution >= 4 is 5.84 Å². The number of amidine groups is 1. The highest BCUT2D eigenvalue weighted by Crippen LogP contribution is 2.21. The fourth-order valence-electron chi connectivity index (χ4n) is 1.64. The van der Waals surface area contributed by atoms with Gasteiger partial charge in [-0.1, -0.05) is 35.5 Å². The third-order valence-corrected chi connectivity index (χ3v) is 2.48. The molecule has 2 rings (SSSR count). The molecule has 0 saturated heterocycles. The second-order valence-corrected chi connectivity index (χ2v) is 3.55. The molecule has 0 aliphatic carbocycles. The van der Waals surface area contributed by atoms with Gasteiger partial charge in [0.1, 0.15) is 12.0 Å². The minimum absolute atomic E-state index is 0.0120. The molecule has 0 amide bonds. The Balaban J connectivity index is 2.58. The molecule has 5 nitrogen and oxygen atoms in total. The molecule has 0 saturated carbocycles. The van der Waals surface area contributed by atoms with E-state index < -0.39 is 0 Å². The number of benzene rings is 1. The normalized spacial score (nSPS) is 11.5. The topological polar surface area (TPSA) is 84.4 Å². The molecule has 1 aromatic carbocycles. The van der Waals surface area contributed by atoms with E-state index in [1.165, 1.54) is 6.33 Å². The molecule has 0 atom stereocenters. The van der Waals surface area contributed by atoms with Crippen molar-refractivity contribution in [2.24, 2.45) is 10.9 Å². The van der Waals surface area contributed by atoms with Gasteiger partial charge in [-0.15, -0.1) is 0 Å². The van der Waals surface area contributed by atoms with E-state index in [0.717, 1.165) is 16.8 Å². The first-order chi connectivity index (χ1) is 8.24. The van der Waals surface area contributed by atoms with Crippen LogP contribution in [0.2, 0.25) is 0 Å². The SMILES string of the molecule is Cc1c(/C(N)=N/O)ncnc1-c1ccccc1. The van der Waals surface area contributed by atoms with Crippen LogP contribution in [0.15, 0.2) is 41.8 Å². The molecule has 0 fully saturated rings. The first-order valence-electron chi connectivity index (χ1n) is 5.09. The second-order valence-electron chi connectivity index (χ2n) is 3.55. The molecule has 5 heteroatoms. The van der Waals surface area contributed by atoms with Gasteiger partial charge in [0.2, 0.25) is 0 Å². The van der Waals surface area contributed by atoms with Gasteiger partial charge in [-0.3, -0.25) is 0 Å². The molecule has 0 spiro atoms. The number of aromatic nitrogens is 2. The highest BCUT2D eigenvalue weighted by molar-refractivity contribution is 5.97. The van der Waals surface area contributed by atoms with Gasteiger partial charge >= 0.3 is 0 Å². The van der Waals surface area contributed by atoms with Crippen molar-refractivity contribution < 1.29 is 5.21 Å². The number of rotatable bonds is 2. The summed E-state index contributed by atoms with van der Waals surface area (Å²) in [6, 6.07) is 9.70. The van der Waals surface area contributed by atoms with Gasteiger partial charge in [0.15, 0.2) is 5.84 Å². The molecule has 17 heavy (non-hydrogen) atoms. The van der Waals surface area contributed by atoms with Crippen LogP contribution < -0.4 is 5.73 Å². The zero-order valence-electron chi connectivity index (χ0n) is 9.33. The number of oxime groups is 1. The summed E-state index contributed by atoms with van der Waals surface area (Å²) >= 11 is 0. The summed E-state index contributed by atoms with van der Waals surface area (Å²) in [5.74, 6) is -0.0120. The third-order valence-electron chi connectivity index (χ3n) is 2.48. The predicted octanol–water partition coefficient (Wildman–Crippen LogP) is 1.55. The molecule has 0 aliphatic heterocycles. The van der Waals surface area contributed by atoms with Crippen LogP contribution in [0, 0.1) is 6.92 Å². The molecule has 0 bridgehead atoms. The van der Waals surface area contributed by atoms with Gasteiger partial charge in [0.25, 0.3) is 0 Å². The summed E-state index contributed by atoms with van der Waals surface area (Å²) in [5, 5.41) is 11.6. The van der Waals surface area contributed by atoms with Crippen LogP contribution in [0.25, 0.3) is 11.3 Å². The third kappa shape index (κ3) is 2.08. The Bertz CT molecular complexity index is 552. The van der Waals surface area contributed by atoms with Crippen molar-refractivity contribution in [1.29, 1.82) is 0 Å². The Kier molecular flexibility index (Phi) is 3.00. The summed E-state index contributed by atoms with van der Waals surface area (Å²) in [6.45, 7) is 1.84. The van der Waals surface area contributed by atoms with Crippen molar-refractivity contribution in [1.82, 2.24) is 9.97 Å². The molecule has 0 radical (unpaired) electrons. The average Bonchev–Trinajstić information content (AvgIpc) is 2.39. The average molecular weight is 228 g/mol. The van der Waals surface area contributed by atoms with Crippen molar-refractivity contribution in [3.05, 3.63) is 47.9 Å². The van der Waals surface area contributed by atoms with Crippen LogP contribution in [0.3, 0.4) is 0 Å². The van der Waals surface area contributed by atoms with Crippen molar-refractivity contribution in [2.45, 2.75) is 6.92 Å². The van der Waals surface area contributed by atoms with Crippen LogP contribution in [0.5, 0.6) is 0 Å². The lowest BCUT2D eigenvalue weighted by Crippen LogP contribution is -2.17. The van der Waals surface area contributed by atoms with Gasteiger partial charge in [-0.2, -0.15) is 0 Å². The highest BCUT2D eigenvalue weighted by Gasteiger charge is 2.11. The summed E-state index contributed by atoms with van der Waals surface area (Å²) in [4.78, 5) is 8.23. The molecular weight excluding hydrogens is 216 g/mol. The van der Waals surface area contributed by atoms with Gasteiger partial charge < -0.3 is 10.9 Å². The molecule has 0 unspecified atom stereocenters. The van der Waals surface area contributed by atoms with Crippen LogP contribution >= 0.6 is 0 Å². The zero-order chi connectivity index (χ0) is 12.3. The Morgan fingerprint density at radius 1 is 1.24 bits per heavy atom. The van der Waals surface area contributed by atoms with Crippen LogP contribution in [0.4, 0.5) is 0 Å². The predicted molar refractivity (Wildman–Crippen MR) is 64.7 cm³/mol. The molecular formula is C12H12N4O. The van der Waals surface area contributed by atoms with Crippen molar-refractivity contribution in [3.63, 3.8) is 0 Å². The Labute approximate surface area is 98.6 Å². The van der Waals surface area contributed by atoms with E-state index in [2.05, 4.69) is 15.1 Å². The number of hydrogen-bond donors (Lipinski definition) is 2. The lowest BCUT2D eigenvalue weighted by Gasteiger charge is -2.08. The monoisotopic (exact) mass is 228 g/mol. The molecule has 0 aliphatic rings. The van der Waals surface area contributed by atoms with Crippen LogP contribution in [-0.2, 0) is 0 Å². The first kappa shape index (κ1) is 11.1. The quantitative estimate of drug-likeness (QED) is 0.353. The van der Waals surface area contributed by atoms with Crippen molar-refractivity contribution in [2.75, 3.05) is 0 Å². The molecule has 1 aromatic heterocycles. The summed E-state index contributed by atoms with van der Waals surface area (Å²) < 4.78 is 0. The van der Waals surface area contributed by atoms with E-state index in [1.54, 1.807) is 0 Å². The largest absolute Gasteiger partial charge is 0.409 e. The summed E-state index contributed by atoms with van der Waals surface area (Å²) in [6.07, 6.45) is 1.41. The van der Waals surface area contributed by atoms with E-state index in [1.807, 2.05) is 37.3 Å². The Morgan fingerprint density at radius 3 is 2.59 bits per heavy atom. The Morgan fingerprint density at radius 2 is 1.94 bits per heavy atom. The smallest absolute Gasteiger partial charge is 0.189 e. The molecule has 86 valence electrons. The van der Waals surface area contributed by atoms with E-state index in [0.29, 0.717) is 5.69 Å². The lowest BCUT2D eigenvalue weighted by atomic mass is 10.1. The number of nitrogens with zero attached hydrogens (tertiary/aromatic N) is 3. The maximum Gasteiger partial charge on any atom is 0.189 e. The zero-order valence-corrected chi connectivity index (χ0v) is 9.33. The van der Waals surface area contributed by atoms with E-state index in [9.17, 15) is 0 Å². The minimum Gasteiger partial charge on any atom is -0.409 e. The van der Waals surface area contributed by atoms with E-state index >= 15 is 0 Å². The maximum absolute atomic E-state index is 8.68. The van der Waals surface area contributed by atoms with E-state index in [4.69, 9.17) is 10.9 Å². The van der Waals surface area contributed by atoms with Crippen LogP contribution in [0.1, 0.15) is 11.3 Å². The van der Waals surface area contributed by atoms with Gasteiger partial charge in [0, 0.05) is 11.1 Å². The standard InChI is InChI=1S/C12H12N4O/c1-8-10(9-5-3-2-4-6-9)14-7-15-11(8)12(13)16-17/h2-7,17H,1H3,(H2,13,16). The lowest BCUT2D eigenvalue weighted by molar-refractivity contribution is 0.318. The Hall–Kier alpha value is -2.43. The van der Waals surface area contributed by atoms with Crippen molar-refractivity contribution in [3.8, 4) is 11.3 Å². The minimum atomic E-state index is -0.0120. The summed E-state index contributed by atoms with van der Waals surface area (Å²) in [7, 11) is 0. The highest BCUT2D eigenvalue weighted by atomic mass is 16.4. The van der Waals surface area contributed by atoms with Gasteiger partial charge in [-0.05, 0) is 6.92 Å². The fraction of sp³-hybridized carbons (Fsp3) is 0.0833. The maximum atomic E-state index is 8.68. The van der Waals surface area contributed by atoms with Gasteiger partial charge in [-0.25, -0.2) is 9.97 Å². The number of hydrogen-bond acceptors (Lipinski definition) is 4. The first-order valence-corrected chi connectivity index (χ1v) is 5.09. The molecule has 3 N–H and O–H groups in total. The van der Waals surface area contributed by atoms with Gasteiger partial charge in [0.05, 0.1) is 5.69 Å². The number of nitrogens with two attached hydrogens (primary N) is 1. The summed E-state index contributed by atoms with van der Waals surface area (Å²) in [5.41, 5.74) is 8.54. The fourth-order valence-corrected chi connectivity index (χ4v) is 1.64. The second kappa shape index (κ2) is 4.61.